The number of amides is 1. The van der Waals surface area contributed by atoms with Crippen LogP contribution in [0.4, 0.5) is 4.39 Å². The highest BCUT2D eigenvalue weighted by atomic mass is 19.1. The van der Waals surface area contributed by atoms with Gasteiger partial charge in [-0.15, -0.1) is 0 Å². The molecule has 0 saturated heterocycles. The van der Waals surface area contributed by atoms with Gasteiger partial charge in [0, 0.05) is 37.0 Å². The summed E-state index contributed by atoms with van der Waals surface area (Å²) in [7, 11) is 0. The summed E-state index contributed by atoms with van der Waals surface area (Å²) >= 11 is 0. The highest BCUT2D eigenvalue weighted by Gasteiger charge is 2.15. The molecule has 2 heterocycles. The average molecular weight is 396 g/mol. The second-order valence-electron chi connectivity index (χ2n) is 7.67. The van der Waals surface area contributed by atoms with Gasteiger partial charge in [-0.25, -0.2) is 8.91 Å². The van der Waals surface area contributed by atoms with E-state index in [4.69, 9.17) is 0 Å². The minimum atomic E-state index is -0.318. The van der Waals surface area contributed by atoms with Crippen molar-refractivity contribution in [1.29, 1.82) is 0 Å². The van der Waals surface area contributed by atoms with E-state index in [1.807, 2.05) is 0 Å². The van der Waals surface area contributed by atoms with Crippen molar-refractivity contribution in [2.45, 2.75) is 57.5 Å². The summed E-state index contributed by atoms with van der Waals surface area (Å²) < 4.78 is 16.2. The molecule has 3 aromatic rings. The van der Waals surface area contributed by atoms with Gasteiger partial charge in [0.15, 0.2) is 0 Å². The fraction of sp³-hybridized carbons (Fsp3) is 0.409. The first-order valence-corrected chi connectivity index (χ1v) is 10.2. The van der Waals surface area contributed by atoms with E-state index in [1.54, 1.807) is 30.6 Å². The van der Waals surface area contributed by atoms with Gasteiger partial charge < -0.3 is 9.88 Å². The number of carbonyl (C=O) groups is 1. The predicted octanol–water partition coefficient (Wildman–Crippen LogP) is 3.53. The van der Waals surface area contributed by atoms with Crippen LogP contribution in [-0.2, 0) is 11.3 Å². The molecular formula is C22H25FN4O2. The highest BCUT2D eigenvalue weighted by molar-refractivity contribution is 5.76. The smallest absolute Gasteiger partial charge is 0.276 e. The van der Waals surface area contributed by atoms with E-state index >= 15 is 0 Å². The van der Waals surface area contributed by atoms with E-state index in [2.05, 4.69) is 10.4 Å². The number of aromatic nitrogens is 3. The topological polar surface area (TPSA) is 68.4 Å². The lowest BCUT2D eigenvalue weighted by Crippen LogP contribution is -2.35. The lowest BCUT2D eigenvalue weighted by atomic mass is 10.1. The zero-order valence-electron chi connectivity index (χ0n) is 16.3. The first-order chi connectivity index (χ1) is 14.1. The molecule has 152 valence electrons. The van der Waals surface area contributed by atoms with Crippen LogP contribution in [0.15, 0.2) is 47.5 Å². The monoisotopic (exact) mass is 396 g/mol. The average Bonchev–Trinajstić information content (AvgIpc) is 2.99. The number of halogens is 1. The van der Waals surface area contributed by atoms with E-state index in [0.29, 0.717) is 17.8 Å². The molecule has 6 nitrogen and oxygen atoms in total. The van der Waals surface area contributed by atoms with Gasteiger partial charge >= 0.3 is 0 Å². The van der Waals surface area contributed by atoms with Crippen LogP contribution in [0.1, 0.15) is 44.9 Å². The van der Waals surface area contributed by atoms with Crippen molar-refractivity contribution < 1.29 is 9.18 Å². The Morgan fingerprint density at radius 3 is 2.55 bits per heavy atom. The van der Waals surface area contributed by atoms with E-state index in [9.17, 15) is 14.0 Å². The molecule has 1 aromatic carbocycles. The van der Waals surface area contributed by atoms with Crippen LogP contribution in [0.3, 0.4) is 0 Å². The second-order valence-corrected chi connectivity index (χ2v) is 7.67. The van der Waals surface area contributed by atoms with Crippen molar-refractivity contribution in [3.05, 3.63) is 58.9 Å². The maximum absolute atomic E-state index is 13.1. The summed E-state index contributed by atoms with van der Waals surface area (Å²) in [5, 5.41) is 7.51. The normalized spacial score (nSPS) is 15.3. The van der Waals surface area contributed by atoms with Crippen LogP contribution in [0, 0.1) is 5.82 Å². The largest absolute Gasteiger partial charge is 0.353 e. The Morgan fingerprint density at radius 2 is 1.83 bits per heavy atom. The molecule has 0 spiro atoms. The van der Waals surface area contributed by atoms with E-state index < -0.39 is 0 Å². The van der Waals surface area contributed by atoms with Gasteiger partial charge in [0.25, 0.3) is 5.56 Å². The number of nitrogens with zero attached hydrogens (tertiary/aromatic N) is 3. The Bertz CT molecular complexity index is 1050. The number of rotatable bonds is 5. The van der Waals surface area contributed by atoms with Crippen LogP contribution in [-0.4, -0.2) is 26.1 Å². The van der Waals surface area contributed by atoms with Gasteiger partial charge in [0.05, 0.1) is 5.69 Å². The summed E-state index contributed by atoms with van der Waals surface area (Å²) in [6.45, 7) is 0.324. The molecule has 0 bridgehead atoms. The maximum atomic E-state index is 13.1. The Hall–Kier alpha value is -2.96. The fourth-order valence-electron chi connectivity index (χ4n) is 3.91. The molecule has 1 amide bonds. The summed E-state index contributed by atoms with van der Waals surface area (Å²) in [4.78, 5) is 25.1. The maximum Gasteiger partial charge on any atom is 0.276 e. The number of hydrogen-bond donors (Lipinski definition) is 1. The van der Waals surface area contributed by atoms with Crippen LogP contribution in [0.5, 0.6) is 0 Å². The Labute approximate surface area is 168 Å². The van der Waals surface area contributed by atoms with Gasteiger partial charge in [-0.1, -0.05) is 25.7 Å². The first kappa shape index (κ1) is 19.4. The summed E-state index contributed by atoms with van der Waals surface area (Å²) in [6, 6.07) is 7.95. The number of fused-ring (bicyclic) bond motifs is 1. The quantitative estimate of drug-likeness (QED) is 0.671. The summed E-state index contributed by atoms with van der Waals surface area (Å²) in [6.07, 6.45) is 10.5. The third-order valence-electron chi connectivity index (χ3n) is 5.54. The second kappa shape index (κ2) is 8.59. The summed E-state index contributed by atoms with van der Waals surface area (Å²) in [5.41, 5.74) is 1.57. The molecule has 1 aliphatic rings. The van der Waals surface area contributed by atoms with Crippen LogP contribution in [0.2, 0.25) is 0 Å². The van der Waals surface area contributed by atoms with E-state index in [0.717, 1.165) is 18.4 Å². The minimum Gasteiger partial charge on any atom is -0.353 e. The molecule has 7 heteroatoms. The van der Waals surface area contributed by atoms with E-state index in [-0.39, 0.29) is 29.7 Å². The molecule has 2 aromatic heterocycles. The number of hydrogen-bond acceptors (Lipinski definition) is 3. The molecule has 1 fully saturated rings. The number of carbonyl (C=O) groups excluding carboxylic acids is 1. The standard InChI is InChI=1S/C22H25FN4O2/c23-17-9-7-16(8-10-17)19-15-20-22(29)26(13-14-27(20)25-19)12-11-21(28)24-18-5-3-1-2-4-6-18/h7-10,13-15,18H,1-6,11-12H2,(H,24,28). The third kappa shape index (κ3) is 4.55. The molecule has 29 heavy (non-hydrogen) atoms. The zero-order chi connectivity index (χ0) is 20.2. The lowest BCUT2D eigenvalue weighted by molar-refractivity contribution is -0.122. The molecule has 4 rings (SSSR count). The Kier molecular flexibility index (Phi) is 5.74. The molecule has 0 radical (unpaired) electrons. The number of benzene rings is 1. The van der Waals surface area contributed by atoms with E-state index in [1.165, 1.54) is 46.9 Å². The van der Waals surface area contributed by atoms with Crippen molar-refractivity contribution >= 4 is 11.4 Å². The fourth-order valence-corrected chi connectivity index (χ4v) is 3.91. The van der Waals surface area contributed by atoms with Crippen LogP contribution >= 0.6 is 0 Å². The summed E-state index contributed by atoms with van der Waals surface area (Å²) in [5.74, 6) is -0.328. The first-order valence-electron chi connectivity index (χ1n) is 10.2. The van der Waals surface area contributed by atoms with Crippen molar-refractivity contribution in [1.82, 2.24) is 19.5 Å². The molecule has 0 aliphatic heterocycles. The number of aryl methyl sites for hydroxylation is 1. The van der Waals surface area contributed by atoms with Crippen molar-refractivity contribution in [3.8, 4) is 11.3 Å². The third-order valence-corrected chi connectivity index (χ3v) is 5.54. The Balaban J connectivity index is 1.45. The van der Waals surface area contributed by atoms with Crippen molar-refractivity contribution in [2.75, 3.05) is 0 Å². The molecule has 0 unspecified atom stereocenters. The highest BCUT2D eigenvalue weighted by Crippen LogP contribution is 2.19. The number of nitrogens with one attached hydrogen (secondary N) is 1. The van der Waals surface area contributed by atoms with Gasteiger partial charge in [-0.05, 0) is 43.2 Å². The molecule has 1 N–H and O–H groups in total. The molecule has 1 saturated carbocycles. The van der Waals surface area contributed by atoms with Crippen LogP contribution < -0.4 is 10.9 Å². The molecule has 1 aliphatic carbocycles. The van der Waals surface area contributed by atoms with Gasteiger partial charge in [-0.3, -0.25) is 9.59 Å². The lowest BCUT2D eigenvalue weighted by Gasteiger charge is -2.16. The van der Waals surface area contributed by atoms with Gasteiger partial charge in [0.1, 0.15) is 11.3 Å². The molecule has 0 atom stereocenters. The van der Waals surface area contributed by atoms with Crippen molar-refractivity contribution in [2.24, 2.45) is 0 Å². The minimum absolute atomic E-state index is 0.0100. The SMILES string of the molecule is O=C(CCn1ccn2nc(-c3ccc(F)cc3)cc2c1=O)NC1CCCCCC1. The van der Waals surface area contributed by atoms with Gasteiger partial charge in [-0.2, -0.15) is 5.10 Å². The molecular weight excluding hydrogens is 371 g/mol. The predicted molar refractivity (Wildman–Crippen MR) is 109 cm³/mol. The van der Waals surface area contributed by atoms with Gasteiger partial charge in [0.2, 0.25) is 5.91 Å². The Morgan fingerprint density at radius 1 is 1.10 bits per heavy atom. The van der Waals surface area contributed by atoms with Crippen molar-refractivity contribution in [3.63, 3.8) is 0 Å². The van der Waals surface area contributed by atoms with Crippen LogP contribution in [0.25, 0.3) is 16.8 Å². The zero-order valence-corrected chi connectivity index (χ0v) is 16.3.